The molecular weight excluding hydrogens is 276 g/mol. The first-order chi connectivity index (χ1) is 10.6. The fraction of sp³-hybridized carbons (Fsp3) is 0.353. The third kappa shape index (κ3) is 2.54. The van der Waals surface area contributed by atoms with Crippen LogP contribution in [0.5, 0.6) is 0 Å². The van der Waals surface area contributed by atoms with Crippen molar-refractivity contribution in [3.05, 3.63) is 52.2 Å². The number of para-hydroxylation sites is 1. The van der Waals surface area contributed by atoms with Crippen molar-refractivity contribution in [1.82, 2.24) is 19.7 Å². The summed E-state index contributed by atoms with van der Waals surface area (Å²) >= 11 is 0. The molecule has 0 radical (unpaired) electrons. The summed E-state index contributed by atoms with van der Waals surface area (Å²) in [6.45, 7) is 6.32. The van der Waals surface area contributed by atoms with E-state index in [1.165, 1.54) is 0 Å². The fourth-order valence-electron chi connectivity index (χ4n) is 2.51. The highest BCUT2D eigenvalue weighted by molar-refractivity contribution is 5.75. The molecule has 1 aromatic carbocycles. The number of aryl methyl sites for hydroxylation is 1. The molecule has 2 heterocycles. The lowest BCUT2D eigenvalue weighted by Gasteiger charge is -2.09. The second-order valence-electron chi connectivity index (χ2n) is 5.81. The van der Waals surface area contributed by atoms with Crippen molar-refractivity contribution in [2.75, 3.05) is 0 Å². The maximum absolute atomic E-state index is 12.3. The van der Waals surface area contributed by atoms with Crippen LogP contribution >= 0.6 is 0 Å². The van der Waals surface area contributed by atoms with Crippen LogP contribution in [-0.2, 0) is 6.42 Å². The maximum atomic E-state index is 12.3. The van der Waals surface area contributed by atoms with Gasteiger partial charge in [0.15, 0.2) is 5.65 Å². The molecule has 1 unspecified atom stereocenters. The molecule has 0 fully saturated rings. The van der Waals surface area contributed by atoms with E-state index < -0.39 is 0 Å². The van der Waals surface area contributed by atoms with Gasteiger partial charge in [-0.05, 0) is 24.5 Å². The van der Waals surface area contributed by atoms with Crippen molar-refractivity contribution < 1.29 is 0 Å². The summed E-state index contributed by atoms with van der Waals surface area (Å²) in [6.07, 6.45) is 3.40. The third-order valence-electron chi connectivity index (χ3n) is 4.07. The van der Waals surface area contributed by atoms with E-state index in [9.17, 15) is 4.79 Å². The van der Waals surface area contributed by atoms with Gasteiger partial charge in [0.2, 0.25) is 0 Å². The molecule has 3 aromatic rings. The van der Waals surface area contributed by atoms with Crippen LogP contribution in [0.3, 0.4) is 0 Å². The van der Waals surface area contributed by atoms with Gasteiger partial charge in [0.05, 0.1) is 11.9 Å². The summed E-state index contributed by atoms with van der Waals surface area (Å²) < 4.78 is 1.75. The number of nitrogens with zero attached hydrogens (tertiary/aromatic N) is 3. The molecule has 0 spiro atoms. The molecule has 0 aliphatic rings. The van der Waals surface area contributed by atoms with Crippen LogP contribution in [0.2, 0.25) is 0 Å². The number of aromatic nitrogens is 4. The van der Waals surface area contributed by atoms with Crippen LogP contribution in [0.25, 0.3) is 16.7 Å². The highest BCUT2D eigenvalue weighted by atomic mass is 16.1. The number of fused-ring (bicyclic) bond motifs is 1. The van der Waals surface area contributed by atoms with Crippen molar-refractivity contribution in [2.45, 2.75) is 33.6 Å². The Balaban J connectivity index is 2.17. The SMILES string of the molecule is CCC(C)Cc1nc2c(cnn2-c2ccccc2C)c(=O)[nH]1. The second kappa shape index (κ2) is 5.75. The van der Waals surface area contributed by atoms with E-state index in [2.05, 4.69) is 28.9 Å². The van der Waals surface area contributed by atoms with Crippen LogP contribution in [0.15, 0.2) is 35.3 Å². The van der Waals surface area contributed by atoms with Crippen molar-refractivity contribution >= 4 is 11.0 Å². The normalized spacial score (nSPS) is 12.7. The maximum Gasteiger partial charge on any atom is 0.262 e. The molecule has 22 heavy (non-hydrogen) atoms. The number of rotatable bonds is 4. The van der Waals surface area contributed by atoms with E-state index >= 15 is 0 Å². The summed E-state index contributed by atoms with van der Waals surface area (Å²) in [5, 5.41) is 4.89. The Kier molecular flexibility index (Phi) is 3.79. The minimum atomic E-state index is -0.122. The Morgan fingerprint density at radius 2 is 2.09 bits per heavy atom. The average Bonchev–Trinajstić information content (AvgIpc) is 2.92. The third-order valence-corrected chi connectivity index (χ3v) is 4.07. The molecule has 0 aliphatic carbocycles. The zero-order chi connectivity index (χ0) is 15.7. The fourth-order valence-corrected chi connectivity index (χ4v) is 2.51. The highest BCUT2D eigenvalue weighted by Crippen LogP contribution is 2.18. The standard InChI is InChI=1S/C17H20N4O/c1-4-11(2)9-15-19-16-13(17(22)20-15)10-18-21(16)14-8-6-5-7-12(14)3/h5-8,10-11H,4,9H2,1-3H3,(H,19,20,22). The van der Waals surface area contributed by atoms with Gasteiger partial charge in [-0.1, -0.05) is 38.5 Å². The molecule has 0 bridgehead atoms. The van der Waals surface area contributed by atoms with Gasteiger partial charge in [-0.25, -0.2) is 9.67 Å². The van der Waals surface area contributed by atoms with Gasteiger partial charge in [0, 0.05) is 6.42 Å². The first kappa shape index (κ1) is 14.5. The second-order valence-corrected chi connectivity index (χ2v) is 5.81. The van der Waals surface area contributed by atoms with Crippen molar-refractivity contribution in [2.24, 2.45) is 5.92 Å². The molecule has 5 nitrogen and oxygen atoms in total. The first-order valence-electron chi connectivity index (χ1n) is 7.63. The molecule has 1 atom stereocenters. The van der Waals surface area contributed by atoms with Gasteiger partial charge in [0.25, 0.3) is 5.56 Å². The number of nitrogens with one attached hydrogen (secondary N) is 1. The lowest BCUT2D eigenvalue weighted by atomic mass is 10.1. The molecule has 2 aromatic heterocycles. The van der Waals surface area contributed by atoms with E-state index in [1.54, 1.807) is 10.9 Å². The zero-order valence-corrected chi connectivity index (χ0v) is 13.1. The van der Waals surface area contributed by atoms with Gasteiger partial charge in [-0.2, -0.15) is 5.10 Å². The van der Waals surface area contributed by atoms with E-state index in [0.29, 0.717) is 17.0 Å². The number of aromatic amines is 1. The quantitative estimate of drug-likeness (QED) is 0.805. The molecule has 3 rings (SSSR count). The van der Waals surface area contributed by atoms with Gasteiger partial charge in [-0.15, -0.1) is 0 Å². The van der Waals surface area contributed by atoms with E-state index in [0.717, 1.165) is 29.9 Å². The van der Waals surface area contributed by atoms with Gasteiger partial charge >= 0.3 is 0 Å². The Morgan fingerprint density at radius 3 is 2.82 bits per heavy atom. The largest absolute Gasteiger partial charge is 0.310 e. The molecule has 0 saturated heterocycles. The lowest BCUT2D eigenvalue weighted by molar-refractivity contribution is 0.543. The van der Waals surface area contributed by atoms with Gasteiger partial charge < -0.3 is 4.98 Å². The Bertz CT molecular complexity index is 862. The summed E-state index contributed by atoms with van der Waals surface area (Å²) in [5.74, 6) is 1.21. The lowest BCUT2D eigenvalue weighted by Crippen LogP contribution is -2.14. The number of hydrogen-bond acceptors (Lipinski definition) is 3. The number of benzene rings is 1. The number of H-pyrrole nitrogens is 1. The molecule has 0 aliphatic heterocycles. The van der Waals surface area contributed by atoms with Crippen molar-refractivity contribution in [3.8, 4) is 5.69 Å². The highest BCUT2D eigenvalue weighted by Gasteiger charge is 2.13. The molecule has 0 saturated carbocycles. The van der Waals surface area contributed by atoms with Crippen molar-refractivity contribution in [3.63, 3.8) is 0 Å². The summed E-state index contributed by atoms with van der Waals surface area (Å²) in [5.41, 5.74) is 2.54. The van der Waals surface area contributed by atoms with Crippen LogP contribution < -0.4 is 5.56 Å². The van der Waals surface area contributed by atoms with Crippen molar-refractivity contribution in [1.29, 1.82) is 0 Å². The predicted molar refractivity (Wildman–Crippen MR) is 87.4 cm³/mol. The van der Waals surface area contributed by atoms with Gasteiger partial charge in [0.1, 0.15) is 11.2 Å². The summed E-state index contributed by atoms with van der Waals surface area (Å²) in [7, 11) is 0. The summed E-state index contributed by atoms with van der Waals surface area (Å²) in [6, 6.07) is 7.96. The Morgan fingerprint density at radius 1 is 1.32 bits per heavy atom. The average molecular weight is 296 g/mol. The molecule has 114 valence electrons. The minimum absolute atomic E-state index is 0.122. The van der Waals surface area contributed by atoms with Crippen LogP contribution in [0.1, 0.15) is 31.7 Å². The van der Waals surface area contributed by atoms with Crippen LogP contribution in [-0.4, -0.2) is 19.7 Å². The number of hydrogen-bond donors (Lipinski definition) is 1. The molecule has 5 heteroatoms. The van der Waals surface area contributed by atoms with E-state index in [1.807, 2.05) is 31.2 Å². The predicted octanol–water partition coefficient (Wildman–Crippen LogP) is 3.01. The van der Waals surface area contributed by atoms with Gasteiger partial charge in [-0.3, -0.25) is 4.79 Å². The molecular formula is C17H20N4O. The van der Waals surface area contributed by atoms with Crippen LogP contribution in [0, 0.1) is 12.8 Å². The minimum Gasteiger partial charge on any atom is -0.310 e. The Hall–Kier alpha value is -2.43. The zero-order valence-electron chi connectivity index (χ0n) is 13.1. The van der Waals surface area contributed by atoms with E-state index in [4.69, 9.17) is 0 Å². The smallest absolute Gasteiger partial charge is 0.262 e. The monoisotopic (exact) mass is 296 g/mol. The van der Waals surface area contributed by atoms with Crippen LogP contribution in [0.4, 0.5) is 0 Å². The summed E-state index contributed by atoms with van der Waals surface area (Å²) in [4.78, 5) is 19.8. The Labute approximate surface area is 129 Å². The van der Waals surface area contributed by atoms with E-state index in [-0.39, 0.29) is 5.56 Å². The first-order valence-corrected chi connectivity index (χ1v) is 7.63. The molecule has 1 N–H and O–H groups in total. The molecule has 0 amide bonds. The topological polar surface area (TPSA) is 63.6 Å².